The summed E-state index contributed by atoms with van der Waals surface area (Å²) in [5.41, 5.74) is 1.11. The lowest BCUT2D eigenvalue weighted by atomic mass is 10.2. The van der Waals surface area contributed by atoms with Crippen LogP contribution in [0.15, 0.2) is 30.3 Å². The maximum absolute atomic E-state index is 10.5. The van der Waals surface area contributed by atoms with Gasteiger partial charge in [0.05, 0.1) is 6.16 Å². The van der Waals surface area contributed by atoms with Crippen LogP contribution in [-0.2, 0) is 11.1 Å². The molecule has 0 bridgehead atoms. The van der Waals surface area contributed by atoms with E-state index in [1.165, 1.54) is 0 Å². The first-order valence-electron chi connectivity index (χ1n) is 4.37. The Hall–Kier alpha value is -0.380. The lowest BCUT2D eigenvalue weighted by Crippen LogP contribution is -2.17. The highest BCUT2D eigenvalue weighted by Crippen LogP contribution is 2.32. The second-order valence-corrected chi connectivity index (χ2v) is 4.83. The molecule has 0 aliphatic heterocycles. The van der Waals surface area contributed by atoms with Crippen LogP contribution in [0.25, 0.3) is 0 Å². The average Bonchev–Trinajstić information content (AvgIpc) is 2.13. The number of hydrogen-bond acceptors (Lipinski definition) is 2. The summed E-state index contributed by atoms with van der Waals surface area (Å²) in [4.78, 5) is 17.2. The van der Waals surface area contributed by atoms with E-state index in [9.17, 15) is 4.57 Å². The van der Waals surface area contributed by atoms with Crippen molar-refractivity contribution in [3.05, 3.63) is 35.9 Å². The Balaban J connectivity index is 0.00000196. The van der Waals surface area contributed by atoms with Crippen LogP contribution in [0.2, 0.25) is 0 Å². The first-order chi connectivity index (χ1) is 6.58. The molecule has 86 valence electrons. The van der Waals surface area contributed by atoms with Crippen LogP contribution in [0.3, 0.4) is 0 Å². The van der Waals surface area contributed by atoms with Gasteiger partial charge in [-0.15, -0.1) is 12.4 Å². The third kappa shape index (κ3) is 7.54. The largest absolute Gasteiger partial charge is 0.326 e. The van der Waals surface area contributed by atoms with Crippen LogP contribution in [0.4, 0.5) is 0 Å². The van der Waals surface area contributed by atoms with Crippen LogP contribution in [0, 0.1) is 0 Å². The molecule has 6 heteroatoms. The molecule has 3 N–H and O–H groups in total. The van der Waals surface area contributed by atoms with Gasteiger partial charge in [0.2, 0.25) is 0 Å². The molecule has 1 rings (SSSR count). The molecule has 0 saturated carbocycles. The topological polar surface area (TPSA) is 69.6 Å². The molecule has 4 nitrogen and oxygen atoms in total. The number of hydrogen-bond donors (Lipinski definition) is 3. The summed E-state index contributed by atoms with van der Waals surface area (Å²) >= 11 is 0. The maximum Gasteiger partial charge on any atom is 0.326 e. The monoisotopic (exact) mass is 251 g/mol. The highest BCUT2D eigenvalue weighted by Gasteiger charge is 2.10. The normalized spacial score (nSPS) is 10.8. The Kier molecular flexibility index (Phi) is 6.81. The van der Waals surface area contributed by atoms with E-state index in [4.69, 9.17) is 9.79 Å². The summed E-state index contributed by atoms with van der Waals surface area (Å²) in [5, 5.41) is 2.97. The number of halogens is 1. The average molecular weight is 252 g/mol. The molecular weight excluding hydrogens is 237 g/mol. The van der Waals surface area contributed by atoms with Crippen molar-refractivity contribution in [2.24, 2.45) is 0 Å². The predicted octanol–water partition coefficient (Wildman–Crippen LogP) is 1.38. The van der Waals surface area contributed by atoms with Gasteiger partial charge in [0.25, 0.3) is 0 Å². The standard InChI is InChI=1S/C9H14NO3P.ClH/c11-14(12,13)7-6-10-8-9-4-2-1-3-5-9;/h1-5,10H,6-8H2,(H2,11,12,13);1H. The molecule has 0 spiro atoms. The van der Waals surface area contributed by atoms with E-state index in [-0.39, 0.29) is 18.6 Å². The van der Waals surface area contributed by atoms with E-state index >= 15 is 0 Å². The molecule has 0 atom stereocenters. The highest BCUT2D eigenvalue weighted by molar-refractivity contribution is 7.51. The van der Waals surface area contributed by atoms with Gasteiger partial charge in [-0.25, -0.2) is 0 Å². The van der Waals surface area contributed by atoms with Crippen LogP contribution in [0.5, 0.6) is 0 Å². The first-order valence-corrected chi connectivity index (χ1v) is 6.17. The highest BCUT2D eigenvalue weighted by atomic mass is 35.5. The molecule has 0 unspecified atom stereocenters. The van der Waals surface area contributed by atoms with Crippen molar-refractivity contribution in [1.82, 2.24) is 5.32 Å². The minimum atomic E-state index is -3.85. The van der Waals surface area contributed by atoms with Crippen LogP contribution in [0.1, 0.15) is 5.56 Å². The lowest BCUT2D eigenvalue weighted by molar-refractivity contribution is 0.372. The van der Waals surface area contributed by atoms with Crippen molar-refractivity contribution in [3.63, 3.8) is 0 Å². The summed E-state index contributed by atoms with van der Waals surface area (Å²) in [5.74, 6) is 0. The molecular formula is C9H15ClNO3P. The maximum atomic E-state index is 10.5. The summed E-state index contributed by atoms with van der Waals surface area (Å²) in [7, 11) is -3.85. The first kappa shape index (κ1) is 14.6. The van der Waals surface area contributed by atoms with Gasteiger partial charge in [-0.2, -0.15) is 0 Å². The Morgan fingerprint density at radius 2 is 1.80 bits per heavy atom. The molecule has 0 saturated heterocycles. The van der Waals surface area contributed by atoms with Gasteiger partial charge in [-0.1, -0.05) is 30.3 Å². The Morgan fingerprint density at radius 1 is 1.20 bits per heavy atom. The second kappa shape index (κ2) is 6.99. The SMILES string of the molecule is Cl.O=P(O)(O)CCNCc1ccccc1. The van der Waals surface area contributed by atoms with Crippen molar-refractivity contribution >= 4 is 20.0 Å². The number of benzene rings is 1. The van der Waals surface area contributed by atoms with Gasteiger partial charge in [0, 0.05) is 13.1 Å². The van der Waals surface area contributed by atoms with Crippen molar-refractivity contribution in [2.45, 2.75) is 6.54 Å². The van der Waals surface area contributed by atoms with E-state index in [1.807, 2.05) is 30.3 Å². The Bertz CT molecular complexity index is 314. The molecule has 1 aromatic rings. The molecule has 0 amide bonds. The fourth-order valence-electron chi connectivity index (χ4n) is 1.05. The van der Waals surface area contributed by atoms with Gasteiger partial charge in [-0.3, -0.25) is 4.57 Å². The van der Waals surface area contributed by atoms with Crippen molar-refractivity contribution in [3.8, 4) is 0 Å². The smallest absolute Gasteiger partial charge is 0.324 e. The molecule has 0 aliphatic carbocycles. The van der Waals surface area contributed by atoms with E-state index in [0.717, 1.165) is 5.56 Å². The van der Waals surface area contributed by atoms with E-state index in [1.54, 1.807) is 0 Å². The van der Waals surface area contributed by atoms with Gasteiger partial charge in [0.15, 0.2) is 0 Å². The quantitative estimate of drug-likeness (QED) is 0.546. The molecule has 0 radical (unpaired) electrons. The van der Waals surface area contributed by atoms with Crippen LogP contribution >= 0.6 is 20.0 Å². The summed E-state index contributed by atoms with van der Waals surface area (Å²) < 4.78 is 10.5. The minimum Gasteiger partial charge on any atom is -0.324 e. The van der Waals surface area contributed by atoms with Gasteiger partial charge >= 0.3 is 7.60 Å². The van der Waals surface area contributed by atoms with E-state index in [0.29, 0.717) is 13.1 Å². The molecule has 1 aromatic carbocycles. The summed E-state index contributed by atoms with van der Waals surface area (Å²) in [6.45, 7) is 0.972. The second-order valence-electron chi connectivity index (χ2n) is 3.05. The van der Waals surface area contributed by atoms with Gasteiger partial charge < -0.3 is 15.1 Å². The predicted molar refractivity (Wildman–Crippen MR) is 62.3 cm³/mol. The zero-order valence-electron chi connectivity index (χ0n) is 8.17. The fourth-order valence-corrected chi connectivity index (χ4v) is 1.50. The summed E-state index contributed by atoms with van der Waals surface area (Å²) in [6, 6.07) is 9.72. The van der Waals surface area contributed by atoms with E-state index < -0.39 is 7.60 Å². The molecule has 0 fully saturated rings. The van der Waals surface area contributed by atoms with Gasteiger partial charge in [-0.05, 0) is 5.56 Å². The fraction of sp³-hybridized carbons (Fsp3) is 0.333. The van der Waals surface area contributed by atoms with Crippen molar-refractivity contribution in [1.29, 1.82) is 0 Å². The molecule has 0 aliphatic rings. The molecule has 0 aromatic heterocycles. The number of nitrogens with one attached hydrogen (secondary N) is 1. The van der Waals surface area contributed by atoms with E-state index in [2.05, 4.69) is 5.32 Å². The van der Waals surface area contributed by atoms with Crippen molar-refractivity contribution in [2.75, 3.05) is 12.7 Å². The molecule has 15 heavy (non-hydrogen) atoms. The summed E-state index contributed by atoms with van der Waals surface area (Å²) in [6.07, 6.45) is -0.111. The number of rotatable bonds is 5. The molecule has 0 heterocycles. The minimum absolute atomic E-state index is 0. The Labute approximate surface area is 95.3 Å². The lowest BCUT2D eigenvalue weighted by Gasteiger charge is -2.05. The van der Waals surface area contributed by atoms with Crippen LogP contribution in [-0.4, -0.2) is 22.5 Å². The van der Waals surface area contributed by atoms with Crippen LogP contribution < -0.4 is 5.32 Å². The zero-order chi connectivity index (χ0) is 10.4. The third-order valence-electron chi connectivity index (χ3n) is 1.75. The zero-order valence-corrected chi connectivity index (χ0v) is 9.88. The van der Waals surface area contributed by atoms with Crippen molar-refractivity contribution < 1.29 is 14.4 Å². The Morgan fingerprint density at radius 3 is 2.33 bits per heavy atom. The third-order valence-corrected chi connectivity index (χ3v) is 2.56. The van der Waals surface area contributed by atoms with Gasteiger partial charge in [0.1, 0.15) is 0 Å².